The number of hydrogen-bond acceptors (Lipinski definition) is 4. The molecule has 1 saturated heterocycles. The standard InChI is InChI=1S/C21H25BrN2O3/c1-15-7-8-20(19(22)11-15)27-16(2)21(25)24(14-18-6-4-10-26-18)13-17-5-3-9-23-12-17/h3,5,7-9,11-12,16,18H,4,6,10,13-14H2,1-2H3. The lowest BCUT2D eigenvalue weighted by Gasteiger charge is -2.28. The molecule has 0 aliphatic carbocycles. The van der Waals surface area contributed by atoms with Crippen molar-refractivity contribution in [1.29, 1.82) is 0 Å². The number of pyridine rings is 1. The third kappa shape index (κ3) is 5.53. The Morgan fingerprint density at radius 3 is 2.96 bits per heavy atom. The minimum absolute atomic E-state index is 0.0539. The topological polar surface area (TPSA) is 51.7 Å². The number of hydrogen-bond donors (Lipinski definition) is 0. The van der Waals surface area contributed by atoms with Crippen molar-refractivity contribution in [3.63, 3.8) is 0 Å². The number of aromatic nitrogens is 1. The molecule has 6 heteroatoms. The van der Waals surface area contributed by atoms with Crippen LogP contribution in [0.4, 0.5) is 0 Å². The molecule has 1 aliphatic rings. The summed E-state index contributed by atoms with van der Waals surface area (Å²) in [7, 11) is 0. The average molecular weight is 433 g/mol. The third-order valence-corrected chi connectivity index (χ3v) is 5.21. The Morgan fingerprint density at radius 2 is 2.30 bits per heavy atom. The lowest BCUT2D eigenvalue weighted by Crippen LogP contribution is -2.43. The highest BCUT2D eigenvalue weighted by Gasteiger charge is 2.27. The van der Waals surface area contributed by atoms with Crippen LogP contribution in [0.25, 0.3) is 0 Å². The van der Waals surface area contributed by atoms with Gasteiger partial charge in [-0.05, 0) is 71.9 Å². The van der Waals surface area contributed by atoms with Gasteiger partial charge in [0.1, 0.15) is 5.75 Å². The molecule has 0 saturated carbocycles. The molecule has 1 aromatic heterocycles. The predicted octanol–water partition coefficient (Wildman–Crippen LogP) is 4.13. The zero-order chi connectivity index (χ0) is 19.2. The maximum absolute atomic E-state index is 13.1. The van der Waals surface area contributed by atoms with Gasteiger partial charge in [0, 0.05) is 32.1 Å². The number of benzene rings is 1. The van der Waals surface area contributed by atoms with Gasteiger partial charge >= 0.3 is 0 Å². The Balaban J connectivity index is 1.71. The van der Waals surface area contributed by atoms with Gasteiger partial charge in [-0.2, -0.15) is 0 Å². The largest absolute Gasteiger partial charge is 0.480 e. The van der Waals surface area contributed by atoms with Gasteiger partial charge in [-0.1, -0.05) is 12.1 Å². The first kappa shape index (κ1) is 19.8. The second-order valence-electron chi connectivity index (χ2n) is 6.91. The number of carbonyl (C=O) groups excluding carboxylic acids is 1. The maximum atomic E-state index is 13.1. The SMILES string of the molecule is Cc1ccc(OC(C)C(=O)N(Cc2cccnc2)CC2CCCO2)c(Br)c1. The lowest BCUT2D eigenvalue weighted by molar-refractivity contribution is -0.140. The van der Waals surface area contributed by atoms with Crippen molar-refractivity contribution >= 4 is 21.8 Å². The highest BCUT2D eigenvalue weighted by atomic mass is 79.9. The van der Waals surface area contributed by atoms with Crippen LogP contribution < -0.4 is 4.74 Å². The molecule has 0 N–H and O–H groups in total. The van der Waals surface area contributed by atoms with Crippen molar-refractivity contribution in [2.45, 2.75) is 45.4 Å². The minimum atomic E-state index is -0.595. The molecule has 1 aromatic carbocycles. The van der Waals surface area contributed by atoms with Crippen LogP contribution in [0, 0.1) is 6.92 Å². The van der Waals surface area contributed by atoms with Gasteiger partial charge in [-0.25, -0.2) is 0 Å². The Kier molecular flexibility index (Phi) is 6.85. The van der Waals surface area contributed by atoms with Crippen LogP contribution in [-0.2, 0) is 16.1 Å². The van der Waals surface area contributed by atoms with E-state index in [1.165, 1.54) is 0 Å². The second kappa shape index (κ2) is 9.33. The molecular formula is C21H25BrN2O3. The quantitative estimate of drug-likeness (QED) is 0.659. The zero-order valence-electron chi connectivity index (χ0n) is 15.7. The molecule has 1 amide bonds. The molecule has 1 fully saturated rings. The van der Waals surface area contributed by atoms with Crippen molar-refractivity contribution in [3.8, 4) is 5.75 Å². The molecule has 0 radical (unpaired) electrons. The molecule has 5 nitrogen and oxygen atoms in total. The molecule has 3 rings (SSSR count). The highest BCUT2D eigenvalue weighted by Crippen LogP contribution is 2.27. The summed E-state index contributed by atoms with van der Waals surface area (Å²) in [4.78, 5) is 19.1. The summed E-state index contributed by atoms with van der Waals surface area (Å²) in [6.45, 7) is 5.63. The summed E-state index contributed by atoms with van der Waals surface area (Å²) >= 11 is 3.51. The second-order valence-corrected chi connectivity index (χ2v) is 7.76. The van der Waals surface area contributed by atoms with Crippen molar-refractivity contribution in [2.24, 2.45) is 0 Å². The normalized spacial score (nSPS) is 17.5. The lowest BCUT2D eigenvalue weighted by atomic mass is 10.2. The summed E-state index contributed by atoms with van der Waals surface area (Å²) in [6, 6.07) is 9.69. The number of carbonyl (C=O) groups is 1. The molecule has 27 heavy (non-hydrogen) atoms. The zero-order valence-corrected chi connectivity index (χ0v) is 17.3. The first-order valence-electron chi connectivity index (χ1n) is 9.25. The number of ether oxygens (including phenoxy) is 2. The van der Waals surface area contributed by atoms with E-state index in [-0.39, 0.29) is 12.0 Å². The molecule has 0 spiro atoms. The summed E-state index contributed by atoms with van der Waals surface area (Å²) in [5, 5.41) is 0. The van der Waals surface area contributed by atoms with Crippen LogP contribution in [0.5, 0.6) is 5.75 Å². The van der Waals surface area contributed by atoms with E-state index in [0.29, 0.717) is 18.8 Å². The van der Waals surface area contributed by atoms with Gasteiger partial charge in [-0.3, -0.25) is 9.78 Å². The van der Waals surface area contributed by atoms with E-state index in [1.807, 2.05) is 42.2 Å². The fourth-order valence-electron chi connectivity index (χ4n) is 3.18. The predicted molar refractivity (Wildman–Crippen MR) is 108 cm³/mol. The van der Waals surface area contributed by atoms with Gasteiger partial charge < -0.3 is 14.4 Å². The van der Waals surface area contributed by atoms with Gasteiger partial charge in [0.15, 0.2) is 6.10 Å². The van der Waals surface area contributed by atoms with Crippen molar-refractivity contribution < 1.29 is 14.3 Å². The minimum Gasteiger partial charge on any atom is -0.480 e. The molecule has 0 bridgehead atoms. The Labute approximate surface area is 168 Å². The first-order valence-corrected chi connectivity index (χ1v) is 10.0. The highest BCUT2D eigenvalue weighted by molar-refractivity contribution is 9.10. The number of aryl methyl sites for hydroxylation is 1. The number of rotatable bonds is 7. The number of nitrogens with zero attached hydrogens (tertiary/aromatic N) is 2. The molecular weight excluding hydrogens is 408 g/mol. The number of amides is 1. The summed E-state index contributed by atoms with van der Waals surface area (Å²) < 4.78 is 12.5. The van der Waals surface area contributed by atoms with E-state index in [9.17, 15) is 4.79 Å². The summed E-state index contributed by atoms with van der Waals surface area (Å²) in [6.07, 6.45) is 5.04. The Hall–Kier alpha value is -1.92. The third-order valence-electron chi connectivity index (χ3n) is 4.59. The smallest absolute Gasteiger partial charge is 0.263 e. The van der Waals surface area contributed by atoms with E-state index in [4.69, 9.17) is 9.47 Å². The van der Waals surface area contributed by atoms with E-state index in [2.05, 4.69) is 20.9 Å². The van der Waals surface area contributed by atoms with Gasteiger partial charge in [0.2, 0.25) is 0 Å². The van der Waals surface area contributed by atoms with E-state index in [0.717, 1.165) is 35.0 Å². The van der Waals surface area contributed by atoms with Crippen molar-refractivity contribution in [2.75, 3.05) is 13.2 Å². The molecule has 2 heterocycles. The maximum Gasteiger partial charge on any atom is 0.263 e. The first-order chi connectivity index (χ1) is 13.0. The molecule has 2 unspecified atom stereocenters. The molecule has 2 aromatic rings. The Morgan fingerprint density at radius 1 is 1.44 bits per heavy atom. The van der Waals surface area contributed by atoms with Gasteiger partial charge in [0.25, 0.3) is 5.91 Å². The van der Waals surface area contributed by atoms with Gasteiger partial charge in [0.05, 0.1) is 10.6 Å². The summed E-state index contributed by atoms with van der Waals surface area (Å²) in [5.74, 6) is 0.613. The van der Waals surface area contributed by atoms with Gasteiger partial charge in [-0.15, -0.1) is 0 Å². The van der Waals surface area contributed by atoms with E-state index in [1.54, 1.807) is 19.3 Å². The van der Waals surface area contributed by atoms with Crippen LogP contribution in [0.3, 0.4) is 0 Å². The van der Waals surface area contributed by atoms with Crippen LogP contribution >= 0.6 is 15.9 Å². The van der Waals surface area contributed by atoms with Crippen LogP contribution in [0.1, 0.15) is 30.9 Å². The Bertz CT molecular complexity index is 763. The fourth-order valence-corrected chi connectivity index (χ4v) is 3.76. The number of halogens is 1. The van der Waals surface area contributed by atoms with Crippen LogP contribution in [-0.4, -0.2) is 41.2 Å². The van der Waals surface area contributed by atoms with E-state index >= 15 is 0 Å². The molecule has 144 valence electrons. The van der Waals surface area contributed by atoms with E-state index < -0.39 is 6.10 Å². The van der Waals surface area contributed by atoms with Crippen molar-refractivity contribution in [1.82, 2.24) is 9.88 Å². The molecule has 1 aliphatic heterocycles. The fraction of sp³-hybridized carbons (Fsp3) is 0.429. The monoisotopic (exact) mass is 432 g/mol. The van der Waals surface area contributed by atoms with Crippen molar-refractivity contribution in [3.05, 3.63) is 58.3 Å². The molecule has 2 atom stereocenters. The average Bonchev–Trinajstić information content (AvgIpc) is 3.17. The van der Waals surface area contributed by atoms with Crippen LogP contribution in [0.15, 0.2) is 47.2 Å². The van der Waals surface area contributed by atoms with Crippen LogP contribution in [0.2, 0.25) is 0 Å². The summed E-state index contributed by atoms with van der Waals surface area (Å²) in [5.41, 5.74) is 2.12.